The molecule has 0 aromatic heterocycles. The van der Waals surface area contributed by atoms with Gasteiger partial charge in [0.2, 0.25) is 5.91 Å². The Bertz CT molecular complexity index is 262. The zero-order chi connectivity index (χ0) is 10.1. The molecule has 1 unspecified atom stereocenters. The van der Waals surface area contributed by atoms with Gasteiger partial charge < -0.3 is 14.7 Å². The van der Waals surface area contributed by atoms with Gasteiger partial charge in [-0.2, -0.15) is 0 Å². The van der Waals surface area contributed by atoms with Crippen LogP contribution in [0.4, 0.5) is 0 Å². The van der Waals surface area contributed by atoms with Crippen molar-refractivity contribution >= 4 is 11.9 Å². The highest BCUT2D eigenvalue weighted by atomic mass is 16.5. The molecule has 0 radical (unpaired) electrons. The number of carbonyl (C=O) groups excluding carboxylic acids is 1. The Morgan fingerprint density at radius 3 is 2.86 bits per heavy atom. The van der Waals surface area contributed by atoms with Gasteiger partial charge in [-0.15, -0.1) is 0 Å². The van der Waals surface area contributed by atoms with Gasteiger partial charge in [0.1, 0.15) is 6.61 Å². The molecule has 5 heteroatoms. The summed E-state index contributed by atoms with van der Waals surface area (Å²) in [5.74, 6) is -0.941. The van der Waals surface area contributed by atoms with E-state index < -0.39 is 5.97 Å². The van der Waals surface area contributed by atoms with Crippen LogP contribution in [0.2, 0.25) is 0 Å². The third-order valence-corrected chi connectivity index (χ3v) is 2.57. The molecular formula is C9H13NO4. The van der Waals surface area contributed by atoms with Crippen LogP contribution >= 0.6 is 0 Å². The van der Waals surface area contributed by atoms with Crippen molar-refractivity contribution in [1.82, 2.24) is 4.90 Å². The molecule has 1 atom stereocenters. The topological polar surface area (TPSA) is 66.8 Å². The van der Waals surface area contributed by atoms with Crippen molar-refractivity contribution in [2.24, 2.45) is 0 Å². The van der Waals surface area contributed by atoms with Crippen LogP contribution in [0.1, 0.15) is 19.3 Å². The van der Waals surface area contributed by atoms with E-state index in [4.69, 9.17) is 9.84 Å². The molecular weight excluding hydrogens is 186 g/mol. The Kier molecular flexibility index (Phi) is 2.41. The number of carbonyl (C=O) groups is 2. The van der Waals surface area contributed by atoms with E-state index in [1.807, 2.05) is 0 Å². The lowest BCUT2D eigenvalue weighted by atomic mass is 10.1. The van der Waals surface area contributed by atoms with E-state index in [9.17, 15) is 9.59 Å². The summed E-state index contributed by atoms with van der Waals surface area (Å²) in [6.07, 6.45) is 1.99. The number of carboxylic acids is 1. The molecule has 0 aromatic rings. The number of hydrogen-bond donors (Lipinski definition) is 1. The molecule has 2 aliphatic rings. The maximum Gasteiger partial charge on any atom is 0.305 e. The van der Waals surface area contributed by atoms with Crippen LogP contribution in [0.25, 0.3) is 0 Å². The first-order chi connectivity index (χ1) is 6.68. The van der Waals surface area contributed by atoms with Gasteiger partial charge in [-0.1, -0.05) is 0 Å². The third-order valence-electron chi connectivity index (χ3n) is 2.57. The summed E-state index contributed by atoms with van der Waals surface area (Å²) >= 11 is 0. The molecule has 1 aliphatic carbocycles. The maximum atomic E-state index is 11.5. The zero-order valence-electron chi connectivity index (χ0n) is 7.81. The second kappa shape index (κ2) is 3.57. The Labute approximate surface area is 81.6 Å². The molecule has 2 fully saturated rings. The van der Waals surface area contributed by atoms with E-state index in [1.54, 1.807) is 4.90 Å². The number of ether oxygens (including phenoxy) is 1. The van der Waals surface area contributed by atoms with E-state index in [0.717, 1.165) is 12.8 Å². The molecule has 1 saturated carbocycles. The fourth-order valence-electron chi connectivity index (χ4n) is 1.85. The van der Waals surface area contributed by atoms with Crippen LogP contribution in [-0.4, -0.2) is 47.2 Å². The van der Waals surface area contributed by atoms with Gasteiger partial charge in [0.25, 0.3) is 0 Å². The molecule has 1 saturated heterocycles. The quantitative estimate of drug-likeness (QED) is 0.686. The summed E-state index contributed by atoms with van der Waals surface area (Å²) in [6.45, 7) is 0.459. The first-order valence-corrected chi connectivity index (χ1v) is 4.79. The maximum absolute atomic E-state index is 11.5. The Hall–Kier alpha value is -1.10. The summed E-state index contributed by atoms with van der Waals surface area (Å²) in [5.41, 5.74) is 0. The van der Waals surface area contributed by atoms with Crippen LogP contribution < -0.4 is 0 Å². The number of carboxylic acid groups (broad SMARTS) is 1. The van der Waals surface area contributed by atoms with Crippen molar-refractivity contribution in [2.75, 3.05) is 13.2 Å². The van der Waals surface area contributed by atoms with E-state index >= 15 is 0 Å². The largest absolute Gasteiger partial charge is 0.481 e. The predicted octanol–water partition coefficient (Wildman–Crippen LogP) is -0.149. The Morgan fingerprint density at radius 2 is 2.29 bits per heavy atom. The van der Waals surface area contributed by atoms with Crippen molar-refractivity contribution in [3.8, 4) is 0 Å². The number of nitrogens with zero attached hydrogens (tertiary/aromatic N) is 1. The average Bonchev–Trinajstić information content (AvgIpc) is 2.86. The summed E-state index contributed by atoms with van der Waals surface area (Å²) in [6, 6.07) is 0.0111. The number of rotatable bonds is 3. The monoisotopic (exact) mass is 199 g/mol. The smallest absolute Gasteiger partial charge is 0.305 e. The molecule has 1 heterocycles. The van der Waals surface area contributed by atoms with Crippen molar-refractivity contribution in [1.29, 1.82) is 0 Å². The van der Waals surface area contributed by atoms with Gasteiger partial charge in [0.05, 0.1) is 19.1 Å². The summed E-state index contributed by atoms with van der Waals surface area (Å²) in [4.78, 5) is 23.8. The molecule has 0 spiro atoms. The second-order valence-corrected chi connectivity index (χ2v) is 3.80. The van der Waals surface area contributed by atoms with Crippen LogP contribution in [-0.2, 0) is 14.3 Å². The van der Waals surface area contributed by atoms with Gasteiger partial charge >= 0.3 is 5.97 Å². The standard InChI is InChI=1S/C9H13NO4/c11-8-5-14-4-7(3-9(12)13)10(8)6-1-2-6/h6-7H,1-5H2,(H,12,13). The fourth-order valence-corrected chi connectivity index (χ4v) is 1.85. The van der Waals surface area contributed by atoms with Crippen molar-refractivity contribution in [2.45, 2.75) is 31.3 Å². The Balaban J connectivity index is 2.03. The highest BCUT2D eigenvalue weighted by Gasteiger charge is 2.40. The van der Waals surface area contributed by atoms with Crippen LogP contribution in [0.5, 0.6) is 0 Å². The zero-order valence-corrected chi connectivity index (χ0v) is 7.81. The minimum absolute atomic E-state index is 0.0117. The van der Waals surface area contributed by atoms with Gasteiger partial charge in [0.15, 0.2) is 0 Å². The van der Waals surface area contributed by atoms with Gasteiger partial charge in [0, 0.05) is 6.04 Å². The molecule has 78 valence electrons. The first kappa shape index (κ1) is 9.45. The highest BCUT2D eigenvalue weighted by Crippen LogP contribution is 2.31. The lowest BCUT2D eigenvalue weighted by Gasteiger charge is -2.34. The SMILES string of the molecule is O=C(O)CC1COCC(=O)N1C1CC1. The fraction of sp³-hybridized carbons (Fsp3) is 0.778. The minimum atomic E-state index is -0.876. The van der Waals surface area contributed by atoms with E-state index in [0.29, 0.717) is 6.61 Å². The van der Waals surface area contributed by atoms with Crippen molar-refractivity contribution in [3.05, 3.63) is 0 Å². The normalized spacial score (nSPS) is 27.9. The lowest BCUT2D eigenvalue weighted by Crippen LogP contribution is -2.51. The van der Waals surface area contributed by atoms with Crippen LogP contribution in [0.3, 0.4) is 0 Å². The molecule has 0 bridgehead atoms. The van der Waals surface area contributed by atoms with Gasteiger partial charge in [-0.3, -0.25) is 9.59 Å². The van der Waals surface area contributed by atoms with E-state index in [2.05, 4.69) is 0 Å². The lowest BCUT2D eigenvalue weighted by molar-refractivity contribution is -0.152. The van der Waals surface area contributed by atoms with Crippen LogP contribution in [0.15, 0.2) is 0 Å². The molecule has 1 amide bonds. The molecule has 1 aliphatic heterocycles. The molecule has 5 nitrogen and oxygen atoms in total. The van der Waals surface area contributed by atoms with Crippen molar-refractivity contribution in [3.63, 3.8) is 0 Å². The van der Waals surface area contributed by atoms with Gasteiger partial charge in [-0.25, -0.2) is 0 Å². The molecule has 2 rings (SSSR count). The number of amides is 1. The number of hydrogen-bond acceptors (Lipinski definition) is 3. The highest BCUT2D eigenvalue weighted by molar-refractivity contribution is 5.80. The van der Waals surface area contributed by atoms with Gasteiger partial charge in [-0.05, 0) is 12.8 Å². The van der Waals surface area contributed by atoms with Crippen molar-refractivity contribution < 1.29 is 19.4 Å². The predicted molar refractivity (Wildman–Crippen MR) is 46.7 cm³/mol. The summed E-state index contributed by atoms with van der Waals surface area (Å²) < 4.78 is 5.05. The summed E-state index contributed by atoms with van der Waals surface area (Å²) in [7, 11) is 0. The first-order valence-electron chi connectivity index (χ1n) is 4.79. The Morgan fingerprint density at radius 1 is 1.57 bits per heavy atom. The molecule has 1 N–H and O–H groups in total. The third kappa shape index (κ3) is 1.87. The number of aliphatic carboxylic acids is 1. The molecule has 14 heavy (non-hydrogen) atoms. The van der Waals surface area contributed by atoms with Crippen LogP contribution in [0, 0.1) is 0 Å². The second-order valence-electron chi connectivity index (χ2n) is 3.80. The minimum Gasteiger partial charge on any atom is -0.481 e. The van der Waals surface area contributed by atoms with E-state index in [-0.39, 0.29) is 31.0 Å². The summed E-state index contributed by atoms with van der Waals surface area (Å²) in [5, 5.41) is 8.68. The van der Waals surface area contributed by atoms with E-state index in [1.165, 1.54) is 0 Å². The average molecular weight is 199 g/mol. The number of morpholine rings is 1. The molecule has 0 aromatic carbocycles.